The Kier molecular flexibility index (Phi) is 7.14. The summed E-state index contributed by atoms with van der Waals surface area (Å²) >= 11 is 3.41. The van der Waals surface area contributed by atoms with E-state index in [1.165, 1.54) is 19.3 Å². The highest BCUT2D eigenvalue weighted by Crippen LogP contribution is 2.24. The fraction of sp³-hybridized carbons (Fsp3) is 0.450. The van der Waals surface area contributed by atoms with Gasteiger partial charge in [-0.2, -0.15) is 0 Å². The molecule has 2 aromatic rings. The average Bonchev–Trinajstić information content (AvgIpc) is 3.17. The van der Waals surface area contributed by atoms with Crippen LogP contribution in [0.4, 0.5) is 0 Å². The fourth-order valence-electron chi connectivity index (χ4n) is 3.24. The van der Waals surface area contributed by atoms with Crippen molar-refractivity contribution >= 4 is 21.8 Å². The molecule has 1 amide bonds. The van der Waals surface area contributed by atoms with Crippen molar-refractivity contribution in [2.75, 3.05) is 26.2 Å². The van der Waals surface area contributed by atoms with Gasteiger partial charge in [0.05, 0.1) is 25.3 Å². The largest absolute Gasteiger partial charge is 0.493 e. The summed E-state index contributed by atoms with van der Waals surface area (Å²) in [5.41, 5.74) is 0. The summed E-state index contributed by atoms with van der Waals surface area (Å²) in [4.78, 5) is 14.6. The number of furan rings is 1. The molecule has 140 valence electrons. The van der Waals surface area contributed by atoms with E-state index in [0.717, 1.165) is 29.1 Å². The van der Waals surface area contributed by atoms with Gasteiger partial charge in [-0.1, -0.05) is 28.4 Å². The summed E-state index contributed by atoms with van der Waals surface area (Å²) in [6.45, 7) is 3.01. The molecule has 0 spiro atoms. The van der Waals surface area contributed by atoms with Gasteiger partial charge in [0, 0.05) is 11.0 Å². The summed E-state index contributed by atoms with van der Waals surface area (Å²) in [6.07, 6.45) is 5.70. The van der Waals surface area contributed by atoms with Crippen molar-refractivity contribution in [3.63, 3.8) is 0 Å². The van der Waals surface area contributed by atoms with Crippen molar-refractivity contribution in [1.82, 2.24) is 10.2 Å². The first-order valence-electron chi connectivity index (χ1n) is 9.15. The second-order valence-corrected chi connectivity index (χ2v) is 7.40. The maximum Gasteiger partial charge on any atom is 0.223 e. The second-order valence-electron chi connectivity index (χ2n) is 6.49. The fourth-order valence-corrected chi connectivity index (χ4v) is 3.62. The van der Waals surface area contributed by atoms with E-state index in [0.29, 0.717) is 19.6 Å². The molecule has 5 nitrogen and oxygen atoms in total. The molecule has 1 fully saturated rings. The Hall–Kier alpha value is -1.79. The van der Waals surface area contributed by atoms with Crippen LogP contribution in [0.5, 0.6) is 5.75 Å². The Morgan fingerprint density at radius 3 is 2.81 bits per heavy atom. The van der Waals surface area contributed by atoms with Gasteiger partial charge in [-0.25, -0.2) is 0 Å². The standard InChI is InChI=1S/C20H25BrN2O3/c21-16-6-4-7-17(14-16)25-13-9-20(24)22-15-18(19-8-5-12-26-19)23-10-2-1-3-11-23/h4-8,12,14,18H,1-3,9-11,13,15H2,(H,22,24). The van der Waals surface area contributed by atoms with E-state index in [1.807, 2.05) is 36.4 Å². The molecule has 1 aromatic carbocycles. The molecule has 1 aliphatic rings. The summed E-state index contributed by atoms with van der Waals surface area (Å²) < 4.78 is 12.2. The Labute approximate surface area is 162 Å². The van der Waals surface area contributed by atoms with Crippen LogP contribution < -0.4 is 10.1 Å². The molecule has 3 rings (SSSR count). The topological polar surface area (TPSA) is 54.7 Å². The van der Waals surface area contributed by atoms with Crippen molar-refractivity contribution in [3.8, 4) is 5.75 Å². The summed E-state index contributed by atoms with van der Waals surface area (Å²) in [5.74, 6) is 1.67. The third-order valence-corrected chi connectivity index (χ3v) is 5.08. The highest BCUT2D eigenvalue weighted by Gasteiger charge is 2.24. The molecule has 1 unspecified atom stereocenters. The van der Waals surface area contributed by atoms with Gasteiger partial charge in [0.1, 0.15) is 11.5 Å². The molecular weight excluding hydrogens is 396 g/mol. The highest BCUT2D eigenvalue weighted by atomic mass is 79.9. The lowest BCUT2D eigenvalue weighted by molar-refractivity contribution is -0.121. The van der Waals surface area contributed by atoms with E-state index in [4.69, 9.17) is 9.15 Å². The van der Waals surface area contributed by atoms with E-state index in [9.17, 15) is 4.79 Å². The maximum absolute atomic E-state index is 12.2. The number of nitrogens with one attached hydrogen (secondary N) is 1. The van der Waals surface area contributed by atoms with Crippen LogP contribution in [0.25, 0.3) is 0 Å². The van der Waals surface area contributed by atoms with Crippen molar-refractivity contribution < 1.29 is 13.9 Å². The number of benzene rings is 1. The lowest BCUT2D eigenvalue weighted by atomic mass is 10.1. The molecule has 0 radical (unpaired) electrons. The van der Waals surface area contributed by atoms with Crippen LogP contribution in [0.15, 0.2) is 51.6 Å². The predicted octanol–water partition coefficient (Wildman–Crippen LogP) is 4.15. The lowest BCUT2D eigenvalue weighted by Gasteiger charge is -2.33. The van der Waals surface area contributed by atoms with Gasteiger partial charge >= 0.3 is 0 Å². The minimum absolute atomic E-state index is 0.00596. The van der Waals surface area contributed by atoms with Crippen molar-refractivity contribution in [3.05, 3.63) is 52.9 Å². The van der Waals surface area contributed by atoms with Crippen LogP contribution in [0.2, 0.25) is 0 Å². The zero-order valence-corrected chi connectivity index (χ0v) is 16.4. The number of ether oxygens (including phenoxy) is 1. The molecule has 2 heterocycles. The predicted molar refractivity (Wildman–Crippen MR) is 104 cm³/mol. The molecule has 0 bridgehead atoms. The third-order valence-electron chi connectivity index (χ3n) is 4.59. The molecule has 1 atom stereocenters. The smallest absolute Gasteiger partial charge is 0.223 e. The maximum atomic E-state index is 12.2. The van der Waals surface area contributed by atoms with Crippen LogP contribution in [-0.2, 0) is 4.79 Å². The summed E-state index contributed by atoms with van der Waals surface area (Å²) in [6, 6.07) is 11.6. The molecular formula is C20H25BrN2O3. The SMILES string of the molecule is O=C(CCOc1cccc(Br)c1)NCC(c1ccco1)N1CCCCC1. The first-order chi connectivity index (χ1) is 12.7. The van der Waals surface area contributed by atoms with Gasteiger partial charge in [0.15, 0.2) is 0 Å². The zero-order valence-electron chi connectivity index (χ0n) is 14.8. The van der Waals surface area contributed by atoms with Gasteiger partial charge in [-0.3, -0.25) is 9.69 Å². The highest BCUT2D eigenvalue weighted by molar-refractivity contribution is 9.10. The minimum Gasteiger partial charge on any atom is -0.493 e. The Bertz CT molecular complexity index is 684. The number of piperidine rings is 1. The van der Waals surface area contributed by atoms with Crippen LogP contribution in [-0.4, -0.2) is 37.0 Å². The quantitative estimate of drug-likeness (QED) is 0.696. The molecule has 1 saturated heterocycles. The monoisotopic (exact) mass is 420 g/mol. The normalized spacial score (nSPS) is 16.2. The Morgan fingerprint density at radius 1 is 1.23 bits per heavy atom. The van der Waals surface area contributed by atoms with E-state index < -0.39 is 0 Å². The average molecular weight is 421 g/mol. The van der Waals surface area contributed by atoms with Crippen LogP contribution in [0.1, 0.15) is 37.5 Å². The summed E-state index contributed by atoms with van der Waals surface area (Å²) in [7, 11) is 0. The number of hydrogen-bond donors (Lipinski definition) is 1. The van der Waals surface area contributed by atoms with Gasteiger partial charge in [0.2, 0.25) is 5.91 Å². The molecule has 0 aliphatic carbocycles. The van der Waals surface area contributed by atoms with Crippen LogP contribution in [0, 0.1) is 0 Å². The van der Waals surface area contributed by atoms with Gasteiger partial charge in [-0.15, -0.1) is 0 Å². The van der Waals surface area contributed by atoms with Gasteiger partial charge < -0.3 is 14.5 Å². The van der Waals surface area contributed by atoms with Gasteiger partial charge in [0.25, 0.3) is 0 Å². The number of halogens is 1. The number of carbonyl (C=O) groups is 1. The van der Waals surface area contributed by atoms with Crippen LogP contribution in [0.3, 0.4) is 0 Å². The second kappa shape index (κ2) is 9.78. The van der Waals surface area contributed by atoms with E-state index in [2.05, 4.69) is 26.1 Å². The summed E-state index contributed by atoms with van der Waals surface area (Å²) in [5, 5.41) is 3.04. The number of rotatable bonds is 8. The molecule has 0 saturated carbocycles. The number of carbonyl (C=O) groups excluding carboxylic acids is 1. The number of hydrogen-bond acceptors (Lipinski definition) is 4. The minimum atomic E-state index is -0.00596. The zero-order chi connectivity index (χ0) is 18.2. The van der Waals surface area contributed by atoms with E-state index >= 15 is 0 Å². The lowest BCUT2D eigenvalue weighted by Crippen LogP contribution is -2.40. The van der Waals surface area contributed by atoms with E-state index in [-0.39, 0.29) is 11.9 Å². The van der Waals surface area contributed by atoms with Gasteiger partial charge in [-0.05, 0) is 56.3 Å². The third kappa shape index (κ3) is 5.61. The van der Waals surface area contributed by atoms with Crippen molar-refractivity contribution in [1.29, 1.82) is 0 Å². The number of nitrogens with zero attached hydrogens (tertiary/aromatic N) is 1. The molecule has 26 heavy (non-hydrogen) atoms. The van der Waals surface area contributed by atoms with Crippen molar-refractivity contribution in [2.24, 2.45) is 0 Å². The Balaban J connectivity index is 1.46. The molecule has 1 aromatic heterocycles. The number of likely N-dealkylation sites (tertiary alicyclic amines) is 1. The number of amides is 1. The van der Waals surface area contributed by atoms with E-state index in [1.54, 1.807) is 6.26 Å². The van der Waals surface area contributed by atoms with Crippen molar-refractivity contribution in [2.45, 2.75) is 31.7 Å². The Morgan fingerprint density at radius 2 is 2.08 bits per heavy atom. The molecule has 1 N–H and O–H groups in total. The van der Waals surface area contributed by atoms with Crippen LogP contribution >= 0.6 is 15.9 Å². The first kappa shape index (κ1) is 19.0. The molecule has 6 heteroatoms. The first-order valence-corrected chi connectivity index (χ1v) is 9.94. The molecule has 1 aliphatic heterocycles.